The molecule has 0 saturated heterocycles. The molecule has 0 aliphatic carbocycles. The van der Waals surface area contributed by atoms with E-state index in [9.17, 15) is 18.0 Å². The van der Waals surface area contributed by atoms with Gasteiger partial charge in [-0.05, 0) is 38.0 Å². The maximum atomic E-state index is 13.4. The van der Waals surface area contributed by atoms with Gasteiger partial charge in [-0.3, -0.25) is 13.9 Å². The molecule has 0 aromatic heterocycles. The lowest BCUT2D eigenvalue weighted by Crippen LogP contribution is -2.51. The van der Waals surface area contributed by atoms with Crippen LogP contribution in [-0.4, -0.2) is 50.5 Å². The first-order valence-corrected chi connectivity index (χ1v) is 12.6. The Morgan fingerprint density at radius 3 is 2.28 bits per heavy atom. The molecule has 0 aliphatic rings. The van der Waals surface area contributed by atoms with Gasteiger partial charge in [-0.25, -0.2) is 8.42 Å². The zero-order chi connectivity index (χ0) is 23.9. The van der Waals surface area contributed by atoms with Crippen LogP contribution in [-0.2, 0) is 26.2 Å². The quantitative estimate of drug-likeness (QED) is 0.566. The number of carbonyl (C=O) groups excluding carboxylic acids is 2. The van der Waals surface area contributed by atoms with Crippen molar-refractivity contribution >= 4 is 39.1 Å². The van der Waals surface area contributed by atoms with Gasteiger partial charge in [0.25, 0.3) is 0 Å². The first-order chi connectivity index (χ1) is 15.0. The van der Waals surface area contributed by atoms with E-state index >= 15 is 0 Å². The van der Waals surface area contributed by atoms with E-state index in [2.05, 4.69) is 5.32 Å². The monoisotopic (exact) mass is 479 g/mol. The molecule has 174 valence electrons. The molecule has 2 aromatic rings. The van der Waals surface area contributed by atoms with Crippen molar-refractivity contribution in [2.75, 3.05) is 23.7 Å². The summed E-state index contributed by atoms with van der Waals surface area (Å²) in [5, 5.41) is 3.01. The van der Waals surface area contributed by atoms with Crippen molar-refractivity contribution in [3.05, 3.63) is 64.7 Å². The van der Waals surface area contributed by atoms with E-state index in [1.165, 1.54) is 4.90 Å². The molecule has 0 heterocycles. The molecule has 1 N–H and O–H groups in total. The van der Waals surface area contributed by atoms with Crippen LogP contribution in [0.3, 0.4) is 0 Å². The van der Waals surface area contributed by atoms with Gasteiger partial charge in [0.05, 0.1) is 17.0 Å². The number of nitrogens with zero attached hydrogens (tertiary/aromatic N) is 2. The zero-order valence-electron chi connectivity index (χ0n) is 18.8. The topological polar surface area (TPSA) is 86.8 Å². The molecule has 0 fully saturated rings. The molecule has 0 aliphatic heterocycles. The highest BCUT2D eigenvalue weighted by molar-refractivity contribution is 7.92. The van der Waals surface area contributed by atoms with Gasteiger partial charge in [0.2, 0.25) is 21.8 Å². The largest absolute Gasteiger partial charge is 0.354 e. The summed E-state index contributed by atoms with van der Waals surface area (Å²) in [7, 11) is -3.81. The van der Waals surface area contributed by atoms with Crippen molar-refractivity contribution in [2.45, 2.75) is 39.8 Å². The number of amides is 2. The van der Waals surface area contributed by atoms with E-state index in [0.717, 1.165) is 28.1 Å². The van der Waals surface area contributed by atoms with Crippen LogP contribution in [0.5, 0.6) is 0 Å². The number of nitrogens with one attached hydrogen (secondary N) is 1. The average Bonchev–Trinajstić information content (AvgIpc) is 2.74. The molecule has 2 rings (SSSR count). The van der Waals surface area contributed by atoms with Crippen molar-refractivity contribution in [1.82, 2.24) is 10.2 Å². The Bertz CT molecular complexity index is 1040. The fourth-order valence-electron chi connectivity index (χ4n) is 3.12. The van der Waals surface area contributed by atoms with Gasteiger partial charge >= 0.3 is 0 Å². The molecule has 0 radical (unpaired) electrons. The Kier molecular flexibility index (Phi) is 9.09. The van der Waals surface area contributed by atoms with Crippen LogP contribution in [0.2, 0.25) is 5.02 Å². The average molecular weight is 480 g/mol. The molecular formula is C23H30ClN3O4S. The van der Waals surface area contributed by atoms with E-state index < -0.39 is 28.5 Å². The third-order valence-electron chi connectivity index (χ3n) is 4.99. The Balaban J connectivity index is 2.37. The van der Waals surface area contributed by atoms with E-state index in [1.807, 2.05) is 38.1 Å². The third kappa shape index (κ3) is 6.97. The maximum Gasteiger partial charge on any atom is 0.244 e. The molecule has 0 saturated carbocycles. The summed E-state index contributed by atoms with van der Waals surface area (Å²) < 4.78 is 26.0. The lowest BCUT2D eigenvalue weighted by Gasteiger charge is -2.31. The zero-order valence-corrected chi connectivity index (χ0v) is 20.4. The number of hydrogen-bond donors (Lipinski definition) is 1. The van der Waals surface area contributed by atoms with Gasteiger partial charge < -0.3 is 10.2 Å². The van der Waals surface area contributed by atoms with Crippen LogP contribution in [0, 0.1) is 6.92 Å². The number of aryl methyl sites for hydroxylation is 1. The fourth-order valence-corrected chi connectivity index (χ4v) is 4.27. The van der Waals surface area contributed by atoms with E-state index in [4.69, 9.17) is 11.6 Å². The van der Waals surface area contributed by atoms with Crippen molar-refractivity contribution < 1.29 is 18.0 Å². The molecular weight excluding hydrogens is 450 g/mol. The van der Waals surface area contributed by atoms with Crippen LogP contribution >= 0.6 is 11.6 Å². The standard InChI is InChI=1S/C23H30ClN3O4S/c1-5-14-25-23(29)18(3)26(15-19-12-10-17(2)11-13-19)22(28)16-27(32(4,30)31)21-9-7-6-8-20(21)24/h6-13,18H,5,14-16H2,1-4H3,(H,25,29)/t18-/m1/s1. The van der Waals surface area contributed by atoms with Crippen molar-refractivity contribution in [3.63, 3.8) is 0 Å². The highest BCUT2D eigenvalue weighted by Gasteiger charge is 2.30. The molecule has 2 amide bonds. The minimum atomic E-state index is -3.81. The molecule has 1 atom stereocenters. The predicted octanol–water partition coefficient (Wildman–Crippen LogP) is 3.36. The van der Waals surface area contributed by atoms with Crippen LogP contribution in [0.15, 0.2) is 48.5 Å². The maximum absolute atomic E-state index is 13.4. The van der Waals surface area contributed by atoms with Gasteiger partial charge in [-0.2, -0.15) is 0 Å². The minimum Gasteiger partial charge on any atom is -0.354 e. The molecule has 2 aromatic carbocycles. The Morgan fingerprint density at radius 2 is 1.72 bits per heavy atom. The smallest absolute Gasteiger partial charge is 0.244 e. The van der Waals surface area contributed by atoms with Gasteiger partial charge in [0, 0.05) is 13.1 Å². The normalized spacial score (nSPS) is 12.2. The lowest BCUT2D eigenvalue weighted by molar-refractivity contribution is -0.139. The highest BCUT2D eigenvalue weighted by atomic mass is 35.5. The van der Waals surface area contributed by atoms with Crippen molar-refractivity contribution in [1.29, 1.82) is 0 Å². The van der Waals surface area contributed by atoms with Crippen LogP contribution < -0.4 is 9.62 Å². The predicted molar refractivity (Wildman–Crippen MR) is 128 cm³/mol. The van der Waals surface area contributed by atoms with Crippen LogP contribution in [0.4, 0.5) is 5.69 Å². The Hall–Kier alpha value is -2.58. The summed E-state index contributed by atoms with van der Waals surface area (Å²) in [5.41, 5.74) is 2.12. The summed E-state index contributed by atoms with van der Waals surface area (Å²) in [5.74, 6) is -0.800. The first kappa shape index (κ1) is 25.7. The number of benzene rings is 2. The molecule has 0 spiro atoms. The van der Waals surface area contributed by atoms with E-state index in [-0.39, 0.29) is 23.2 Å². The Morgan fingerprint density at radius 1 is 1.09 bits per heavy atom. The highest BCUT2D eigenvalue weighted by Crippen LogP contribution is 2.27. The van der Waals surface area contributed by atoms with Crippen molar-refractivity contribution in [3.8, 4) is 0 Å². The van der Waals surface area contributed by atoms with Crippen molar-refractivity contribution in [2.24, 2.45) is 0 Å². The molecule has 0 unspecified atom stereocenters. The number of carbonyl (C=O) groups is 2. The van der Waals surface area contributed by atoms with Gasteiger partial charge in [-0.1, -0.05) is 60.5 Å². The molecule has 9 heteroatoms. The number of sulfonamides is 1. The summed E-state index contributed by atoms with van der Waals surface area (Å²) in [6, 6.07) is 13.3. The summed E-state index contributed by atoms with van der Waals surface area (Å²) in [6.45, 7) is 5.72. The molecule has 0 bridgehead atoms. The van der Waals surface area contributed by atoms with Crippen LogP contribution in [0.25, 0.3) is 0 Å². The van der Waals surface area contributed by atoms with E-state index in [1.54, 1.807) is 31.2 Å². The second kappa shape index (κ2) is 11.3. The molecule has 32 heavy (non-hydrogen) atoms. The van der Waals surface area contributed by atoms with E-state index in [0.29, 0.717) is 6.54 Å². The summed E-state index contributed by atoms with van der Waals surface area (Å²) in [6.07, 6.45) is 1.78. The number of anilines is 1. The minimum absolute atomic E-state index is 0.167. The summed E-state index contributed by atoms with van der Waals surface area (Å²) in [4.78, 5) is 27.4. The van der Waals surface area contributed by atoms with Crippen LogP contribution in [0.1, 0.15) is 31.4 Å². The first-order valence-electron chi connectivity index (χ1n) is 10.4. The number of hydrogen-bond acceptors (Lipinski definition) is 4. The second-order valence-electron chi connectivity index (χ2n) is 7.70. The second-order valence-corrected chi connectivity index (χ2v) is 10.0. The SMILES string of the molecule is CCCNC(=O)[C@@H](C)N(Cc1ccc(C)cc1)C(=O)CN(c1ccccc1Cl)S(C)(=O)=O. The number of para-hydroxylation sites is 1. The summed E-state index contributed by atoms with van der Waals surface area (Å²) >= 11 is 6.21. The van der Waals surface area contributed by atoms with Gasteiger partial charge in [-0.15, -0.1) is 0 Å². The lowest BCUT2D eigenvalue weighted by atomic mass is 10.1. The van der Waals surface area contributed by atoms with Gasteiger partial charge in [0.1, 0.15) is 12.6 Å². The van der Waals surface area contributed by atoms with Gasteiger partial charge in [0.15, 0.2) is 0 Å². The molecule has 7 nitrogen and oxygen atoms in total. The number of halogens is 1. The third-order valence-corrected chi connectivity index (χ3v) is 6.44. The Labute approximate surface area is 195 Å². The number of rotatable bonds is 10. The fraction of sp³-hybridized carbons (Fsp3) is 0.391.